The van der Waals surface area contributed by atoms with Crippen molar-refractivity contribution in [2.24, 2.45) is 0 Å². The molecule has 0 heterocycles. The van der Waals surface area contributed by atoms with Gasteiger partial charge in [-0.2, -0.15) is 0 Å². The molecule has 0 fully saturated rings. The van der Waals surface area contributed by atoms with Gasteiger partial charge in [0.1, 0.15) is 5.82 Å². The Balaban J connectivity index is 2.01. The van der Waals surface area contributed by atoms with Crippen molar-refractivity contribution in [3.63, 3.8) is 0 Å². The van der Waals surface area contributed by atoms with E-state index in [0.717, 1.165) is 11.3 Å². The van der Waals surface area contributed by atoms with Crippen molar-refractivity contribution in [1.82, 2.24) is 0 Å². The lowest BCUT2D eigenvalue weighted by Crippen LogP contribution is -2.18. The van der Waals surface area contributed by atoms with Crippen molar-refractivity contribution in [2.45, 2.75) is 24.3 Å². The molecule has 0 spiro atoms. The minimum atomic E-state index is -0.131. The summed E-state index contributed by atoms with van der Waals surface area (Å²) in [6, 6.07) is 15.4. The monoisotopic (exact) mass is 275 g/mol. The lowest BCUT2D eigenvalue weighted by Gasteiger charge is -2.16. The highest BCUT2D eigenvalue weighted by atomic mass is 32.2. The molecule has 0 aliphatic heterocycles. The molecular weight excluding hydrogens is 257 g/mol. The Morgan fingerprint density at radius 1 is 1.16 bits per heavy atom. The van der Waals surface area contributed by atoms with E-state index in [1.807, 2.05) is 24.3 Å². The zero-order valence-electron chi connectivity index (χ0n) is 11.2. The van der Waals surface area contributed by atoms with Crippen LogP contribution in [0.1, 0.15) is 12.5 Å². The summed E-state index contributed by atoms with van der Waals surface area (Å²) < 4.78 is 13.6. The van der Waals surface area contributed by atoms with E-state index in [-0.39, 0.29) is 11.9 Å². The second kappa shape index (κ2) is 6.62. The number of thioether (sulfide) groups is 1. The van der Waals surface area contributed by atoms with Crippen LogP contribution in [0.5, 0.6) is 0 Å². The predicted octanol–water partition coefficient (Wildman–Crippen LogP) is 4.59. The summed E-state index contributed by atoms with van der Waals surface area (Å²) in [6.07, 6.45) is 2.73. The molecule has 19 heavy (non-hydrogen) atoms. The first-order chi connectivity index (χ1) is 9.19. The van der Waals surface area contributed by atoms with Gasteiger partial charge in [0.2, 0.25) is 0 Å². The molecule has 2 aromatic carbocycles. The Kier molecular flexibility index (Phi) is 4.86. The summed E-state index contributed by atoms with van der Waals surface area (Å²) in [6.45, 7) is 2.07. The second-order valence-electron chi connectivity index (χ2n) is 4.57. The Morgan fingerprint density at radius 3 is 2.68 bits per heavy atom. The normalized spacial score (nSPS) is 12.2. The molecule has 2 aromatic rings. The first-order valence-electron chi connectivity index (χ1n) is 6.33. The van der Waals surface area contributed by atoms with Crippen molar-refractivity contribution < 1.29 is 4.39 Å². The van der Waals surface area contributed by atoms with Gasteiger partial charge in [-0.15, -0.1) is 11.8 Å². The van der Waals surface area contributed by atoms with Crippen LogP contribution in [0.3, 0.4) is 0 Å². The molecule has 0 radical (unpaired) electrons. The molecule has 2 rings (SSSR count). The molecule has 1 atom stereocenters. The number of benzene rings is 2. The third-order valence-electron chi connectivity index (χ3n) is 2.97. The van der Waals surface area contributed by atoms with Crippen LogP contribution in [0.15, 0.2) is 53.4 Å². The summed E-state index contributed by atoms with van der Waals surface area (Å²) in [7, 11) is 0. The minimum Gasteiger partial charge on any atom is -0.382 e. The highest BCUT2D eigenvalue weighted by Crippen LogP contribution is 2.20. The first-order valence-corrected chi connectivity index (χ1v) is 7.55. The molecule has 0 amide bonds. The van der Waals surface area contributed by atoms with Gasteiger partial charge >= 0.3 is 0 Å². The summed E-state index contributed by atoms with van der Waals surface area (Å²) in [4.78, 5) is 1.23. The van der Waals surface area contributed by atoms with Crippen LogP contribution in [-0.4, -0.2) is 12.3 Å². The van der Waals surface area contributed by atoms with Gasteiger partial charge in [-0.05, 0) is 49.4 Å². The van der Waals surface area contributed by atoms with E-state index in [2.05, 4.69) is 30.6 Å². The van der Waals surface area contributed by atoms with Crippen molar-refractivity contribution in [2.75, 3.05) is 11.6 Å². The number of rotatable bonds is 5. The number of hydrogen-bond acceptors (Lipinski definition) is 2. The SMILES string of the molecule is CSc1cccc(NC(C)Cc2ccccc2F)c1. The van der Waals surface area contributed by atoms with E-state index in [1.54, 1.807) is 17.8 Å². The first kappa shape index (κ1) is 13.9. The molecule has 0 bridgehead atoms. The lowest BCUT2D eigenvalue weighted by molar-refractivity contribution is 0.601. The maximum Gasteiger partial charge on any atom is 0.126 e. The van der Waals surface area contributed by atoms with Crippen LogP contribution in [0.4, 0.5) is 10.1 Å². The average molecular weight is 275 g/mol. The Bertz CT molecular complexity index is 542. The van der Waals surface area contributed by atoms with Crippen LogP contribution in [0.25, 0.3) is 0 Å². The zero-order valence-corrected chi connectivity index (χ0v) is 12.0. The van der Waals surface area contributed by atoms with Crippen LogP contribution < -0.4 is 5.32 Å². The van der Waals surface area contributed by atoms with Gasteiger partial charge in [-0.25, -0.2) is 4.39 Å². The minimum absolute atomic E-state index is 0.131. The fraction of sp³-hybridized carbons (Fsp3) is 0.250. The van der Waals surface area contributed by atoms with Gasteiger partial charge in [-0.3, -0.25) is 0 Å². The highest BCUT2D eigenvalue weighted by molar-refractivity contribution is 7.98. The van der Waals surface area contributed by atoms with E-state index in [1.165, 1.54) is 11.0 Å². The molecule has 0 aromatic heterocycles. The zero-order chi connectivity index (χ0) is 13.7. The summed E-state index contributed by atoms with van der Waals surface area (Å²) in [5.41, 5.74) is 1.83. The third kappa shape index (κ3) is 4.00. The molecule has 100 valence electrons. The maximum atomic E-state index is 13.6. The van der Waals surface area contributed by atoms with Gasteiger partial charge in [-0.1, -0.05) is 24.3 Å². The van der Waals surface area contributed by atoms with Gasteiger partial charge in [0.15, 0.2) is 0 Å². The largest absolute Gasteiger partial charge is 0.382 e. The standard InChI is InChI=1S/C16H18FNS/c1-12(10-13-6-3-4-9-16(13)17)18-14-7-5-8-15(11-14)19-2/h3-9,11-12,18H,10H2,1-2H3. The lowest BCUT2D eigenvalue weighted by atomic mass is 10.1. The van der Waals surface area contributed by atoms with Gasteiger partial charge in [0, 0.05) is 16.6 Å². The molecule has 1 N–H and O–H groups in total. The molecule has 1 unspecified atom stereocenters. The summed E-state index contributed by atoms with van der Waals surface area (Å²) >= 11 is 1.72. The van der Waals surface area contributed by atoms with Crippen LogP contribution in [-0.2, 0) is 6.42 Å². The smallest absolute Gasteiger partial charge is 0.126 e. The van der Waals surface area contributed by atoms with Gasteiger partial charge in [0.05, 0.1) is 0 Å². The topological polar surface area (TPSA) is 12.0 Å². The molecule has 3 heteroatoms. The van der Waals surface area contributed by atoms with E-state index < -0.39 is 0 Å². The summed E-state index contributed by atoms with van der Waals surface area (Å²) in [5, 5.41) is 3.41. The number of anilines is 1. The molecule has 0 saturated carbocycles. The average Bonchev–Trinajstić information content (AvgIpc) is 2.41. The van der Waals surface area contributed by atoms with Crippen molar-refractivity contribution in [1.29, 1.82) is 0 Å². The van der Waals surface area contributed by atoms with E-state index in [0.29, 0.717) is 6.42 Å². The van der Waals surface area contributed by atoms with Crippen LogP contribution >= 0.6 is 11.8 Å². The van der Waals surface area contributed by atoms with Crippen molar-refractivity contribution >= 4 is 17.4 Å². The predicted molar refractivity (Wildman–Crippen MR) is 81.4 cm³/mol. The fourth-order valence-electron chi connectivity index (χ4n) is 2.04. The van der Waals surface area contributed by atoms with Crippen molar-refractivity contribution in [3.05, 3.63) is 59.9 Å². The molecule has 1 nitrogen and oxygen atoms in total. The van der Waals surface area contributed by atoms with E-state index in [9.17, 15) is 4.39 Å². The molecule has 0 aliphatic carbocycles. The van der Waals surface area contributed by atoms with Crippen LogP contribution in [0, 0.1) is 5.82 Å². The highest BCUT2D eigenvalue weighted by Gasteiger charge is 2.07. The molecular formula is C16H18FNS. The summed E-state index contributed by atoms with van der Waals surface area (Å²) in [5.74, 6) is -0.131. The second-order valence-corrected chi connectivity index (χ2v) is 5.45. The number of hydrogen-bond donors (Lipinski definition) is 1. The molecule has 0 saturated heterocycles. The van der Waals surface area contributed by atoms with Crippen LogP contribution in [0.2, 0.25) is 0 Å². The maximum absolute atomic E-state index is 13.6. The van der Waals surface area contributed by atoms with Gasteiger partial charge < -0.3 is 5.32 Å². The Labute approximate surface area is 118 Å². The van der Waals surface area contributed by atoms with Gasteiger partial charge in [0.25, 0.3) is 0 Å². The quantitative estimate of drug-likeness (QED) is 0.801. The number of nitrogens with one attached hydrogen (secondary N) is 1. The third-order valence-corrected chi connectivity index (χ3v) is 3.69. The van der Waals surface area contributed by atoms with E-state index >= 15 is 0 Å². The van der Waals surface area contributed by atoms with Crippen molar-refractivity contribution in [3.8, 4) is 0 Å². The fourth-order valence-corrected chi connectivity index (χ4v) is 2.50. The Hall–Kier alpha value is -1.48. The molecule has 0 aliphatic rings. The Morgan fingerprint density at radius 2 is 1.95 bits per heavy atom. The number of halogens is 1. The van der Waals surface area contributed by atoms with E-state index in [4.69, 9.17) is 0 Å².